The van der Waals surface area contributed by atoms with Crippen LogP contribution in [0.1, 0.15) is 16.0 Å². The third-order valence-corrected chi connectivity index (χ3v) is 4.25. The lowest BCUT2D eigenvalue weighted by Gasteiger charge is -2.14. The van der Waals surface area contributed by atoms with Gasteiger partial charge in [0.05, 0.1) is 5.56 Å². The van der Waals surface area contributed by atoms with Crippen LogP contribution in [0.25, 0.3) is 0 Å². The van der Waals surface area contributed by atoms with Gasteiger partial charge < -0.3 is 10.5 Å². The molecule has 0 fully saturated rings. The molecule has 0 aliphatic heterocycles. The largest absolute Gasteiger partial charge is 0.487 e. The SMILES string of the molecule is NCc1ccc(OCc2cc(Br)cs2)c(C(F)(F)F)c1. The molecule has 2 N–H and O–H groups in total. The first-order chi connectivity index (χ1) is 9.40. The van der Waals surface area contributed by atoms with Gasteiger partial charge in [-0.15, -0.1) is 11.3 Å². The van der Waals surface area contributed by atoms with Gasteiger partial charge in [-0.05, 0) is 39.7 Å². The Morgan fingerprint density at radius 2 is 2.00 bits per heavy atom. The zero-order valence-corrected chi connectivity index (χ0v) is 12.6. The van der Waals surface area contributed by atoms with E-state index in [1.165, 1.54) is 23.5 Å². The molecule has 0 aliphatic rings. The number of hydrogen-bond acceptors (Lipinski definition) is 3. The standard InChI is InChI=1S/C13H11BrF3NOS/c14-9-4-10(20-7-9)6-19-12-2-1-8(5-18)3-11(12)13(15,16)17/h1-4,7H,5-6,18H2. The maximum atomic E-state index is 13.0. The lowest BCUT2D eigenvalue weighted by Crippen LogP contribution is -2.10. The van der Waals surface area contributed by atoms with Crippen LogP contribution in [0.15, 0.2) is 34.1 Å². The Labute approximate surface area is 126 Å². The molecular weight excluding hydrogens is 355 g/mol. The van der Waals surface area contributed by atoms with Crippen molar-refractivity contribution < 1.29 is 17.9 Å². The average Bonchev–Trinajstić information content (AvgIpc) is 2.81. The molecule has 1 aromatic carbocycles. The lowest BCUT2D eigenvalue weighted by molar-refractivity contribution is -0.139. The van der Waals surface area contributed by atoms with Crippen molar-refractivity contribution in [1.82, 2.24) is 0 Å². The zero-order chi connectivity index (χ0) is 14.8. The highest BCUT2D eigenvalue weighted by atomic mass is 79.9. The highest BCUT2D eigenvalue weighted by Crippen LogP contribution is 2.37. The number of hydrogen-bond donors (Lipinski definition) is 1. The van der Waals surface area contributed by atoms with Crippen molar-refractivity contribution in [3.63, 3.8) is 0 Å². The molecule has 7 heteroatoms. The molecule has 1 aromatic heterocycles. The normalized spacial score (nSPS) is 11.7. The minimum atomic E-state index is -4.46. The fraction of sp³-hybridized carbons (Fsp3) is 0.231. The van der Waals surface area contributed by atoms with Gasteiger partial charge in [0.15, 0.2) is 0 Å². The number of alkyl halides is 3. The maximum Gasteiger partial charge on any atom is 0.419 e. The summed E-state index contributed by atoms with van der Waals surface area (Å²) in [4.78, 5) is 0.841. The van der Waals surface area contributed by atoms with E-state index >= 15 is 0 Å². The zero-order valence-electron chi connectivity index (χ0n) is 10.2. The summed E-state index contributed by atoms with van der Waals surface area (Å²) in [5.41, 5.74) is 4.99. The summed E-state index contributed by atoms with van der Waals surface area (Å²) < 4.78 is 45.1. The van der Waals surface area contributed by atoms with E-state index in [4.69, 9.17) is 10.5 Å². The molecule has 0 bridgehead atoms. The second-order valence-corrected chi connectivity index (χ2v) is 5.96. The number of rotatable bonds is 4. The van der Waals surface area contributed by atoms with Crippen molar-refractivity contribution in [2.75, 3.05) is 0 Å². The molecule has 2 aromatic rings. The molecule has 2 nitrogen and oxygen atoms in total. The van der Waals surface area contributed by atoms with Crippen molar-refractivity contribution >= 4 is 27.3 Å². The molecular formula is C13H11BrF3NOS. The van der Waals surface area contributed by atoms with E-state index in [2.05, 4.69) is 15.9 Å². The van der Waals surface area contributed by atoms with Crippen molar-refractivity contribution in [1.29, 1.82) is 0 Å². The summed E-state index contributed by atoms with van der Waals surface area (Å²) in [5.74, 6) is -0.181. The van der Waals surface area contributed by atoms with Gasteiger partial charge >= 0.3 is 6.18 Å². The van der Waals surface area contributed by atoms with Gasteiger partial charge in [-0.1, -0.05) is 6.07 Å². The van der Waals surface area contributed by atoms with Crippen molar-refractivity contribution in [2.24, 2.45) is 5.73 Å². The Morgan fingerprint density at radius 3 is 2.55 bits per heavy atom. The molecule has 20 heavy (non-hydrogen) atoms. The van der Waals surface area contributed by atoms with Crippen molar-refractivity contribution in [2.45, 2.75) is 19.3 Å². The highest BCUT2D eigenvalue weighted by Gasteiger charge is 2.34. The fourth-order valence-electron chi connectivity index (χ4n) is 1.63. The van der Waals surface area contributed by atoms with Crippen LogP contribution in [-0.4, -0.2) is 0 Å². The van der Waals surface area contributed by atoms with Crippen LogP contribution in [0, 0.1) is 0 Å². The number of thiophene rings is 1. The van der Waals surface area contributed by atoms with E-state index in [9.17, 15) is 13.2 Å². The summed E-state index contributed by atoms with van der Waals surface area (Å²) in [6.45, 7) is 0.155. The number of benzene rings is 1. The lowest BCUT2D eigenvalue weighted by atomic mass is 10.1. The van der Waals surface area contributed by atoms with Crippen LogP contribution in [0.5, 0.6) is 5.75 Å². The fourth-order valence-corrected chi connectivity index (χ4v) is 2.99. The monoisotopic (exact) mass is 365 g/mol. The average molecular weight is 366 g/mol. The van der Waals surface area contributed by atoms with Crippen LogP contribution < -0.4 is 10.5 Å². The summed E-state index contributed by atoms with van der Waals surface area (Å²) in [6.07, 6.45) is -4.46. The molecule has 2 rings (SSSR count). The Morgan fingerprint density at radius 1 is 1.25 bits per heavy atom. The van der Waals surface area contributed by atoms with E-state index in [1.807, 2.05) is 11.4 Å². The van der Waals surface area contributed by atoms with Gasteiger partial charge in [-0.2, -0.15) is 13.2 Å². The van der Waals surface area contributed by atoms with Crippen LogP contribution >= 0.6 is 27.3 Å². The van der Waals surface area contributed by atoms with Gasteiger partial charge in [0.2, 0.25) is 0 Å². The molecule has 0 saturated heterocycles. The van der Waals surface area contributed by atoms with E-state index < -0.39 is 11.7 Å². The third kappa shape index (κ3) is 3.74. The minimum absolute atomic E-state index is 0.0568. The third-order valence-electron chi connectivity index (χ3n) is 2.58. The molecule has 108 valence electrons. The first kappa shape index (κ1) is 15.3. The van der Waals surface area contributed by atoms with Crippen molar-refractivity contribution in [3.8, 4) is 5.75 Å². The van der Waals surface area contributed by atoms with Crippen LogP contribution in [0.3, 0.4) is 0 Å². The summed E-state index contributed by atoms with van der Waals surface area (Å²) in [6, 6.07) is 5.69. The summed E-state index contributed by atoms with van der Waals surface area (Å²) in [7, 11) is 0. The van der Waals surface area contributed by atoms with Gasteiger partial charge in [-0.25, -0.2) is 0 Å². The number of nitrogens with two attached hydrogens (primary N) is 1. The Kier molecular flexibility index (Phi) is 4.72. The smallest absolute Gasteiger partial charge is 0.419 e. The van der Waals surface area contributed by atoms with E-state index in [0.717, 1.165) is 15.4 Å². The van der Waals surface area contributed by atoms with E-state index in [-0.39, 0.29) is 18.9 Å². The molecule has 0 spiro atoms. The Balaban J connectivity index is 2.22. The molecule has 0 atom stereocenters. The number of halogens is 4. The van der Waals surface area contributed by atoms with E-state index in [0.29, 0.717) is 5.56 Å². The van der Waals surface area contributed by atoms with Crippen molar-refractivity contribution in [3.05, 3.63) is 50.1 Å². The minimum Gasteiger partial charge on any atom is -0.487 e. The van der Waals surface area contributed by atoms with Crippen LogP contribution in [-0.2, 0) is 19.3 Å². The quantitative estimate of drug-likeness (QED) is 0.861. The predicted octanol–water partition coefficient (Wildman–Crippen LogP) is 4.57. The first-order valence-electron chi connectivity index (χ1n) is 5.66. The molecule has 0 aliphatic carbocycles. The summed E-state index contributed by atoms with van der Waals surface area (Å²) >= 11 is 4.70. The number of ether oxygens (including phenoxy) is 1. The summed E-state index contributed by atoms with van der Waals surface area (Å²) in [5, 5.41) is 1.85. The Bertz CT molecular complexity index is 598. The van der Waals surface area contributed by atoms with Gasteiger partial charge in [0.1, 0.15) is 12.4 Å². The van der Waals surface area contributed by atoms with E-state index in [1.54, 1.807) is 0 Å². The second-order valence-electron chi connectivity index (χ2n) is 4.05. The molecule has 0 saturated carbocycles. The highest BCUT2D eigenvalue weighted by molar-refractivity contribution is 9.10. The Hall–Kier alpha value is -1.05. The predicted molar refractivity (Wildman–Crippen MR) is 75.7 cm³/mol. The van der Waals surface area contributed by atoms with Crippen LogP contribution in [0.4, 0.5) is 13.2 Å². The van der Waals surface area contributed by atoms with Gasteiger partial charge in [-0.3, -0.25) is 0 Å². The van der Waals surface area contributed by atoms with Gasteiger partial charge in [0, 0.05) is 21.3 Å². The molecule has 0 amide bonds. The molecule has 1 heterocycles. The topological polar surface area (TPSA) is 35.2 Å². The molecule has 0 unspecified atom stereocenters. The maximum absolute atomic E-state index is 13.0. The van der Waals surface area contributed by atoms with Gasteiger partial charge in [0.25, 0.3) is 0 Å². The molecule has 0 radical (unpaired) electrons. The second kappa shape index (κ2) is 6.15. The van der Waals surface area contributed by atoms with Crippen LogP contribution in [0.2, 0.25) is 0 Å². The first-order valence-corrected chi connectivity index (χ1v) is 7.33.